The average Bonchev–Trinajstić information content (AvgIpc) is 3.23. The van der Waals surface area contributed by atoms with Crippen LogP contribution in [0.15, 0.2) is 42.7 Å². The van der Waals surface area contributed by atoms with Crippen LogP contribution in [0.5, 0.6) is 0 Å². The van der Waals surface area contributed by atoms with Gasteiger partial charge in [0.1, 0.15) is 0 Å². The molecule has 3 rings (SSSR count). The van der Waals surface area contributed by atoms with Crippen molar-refractivity contribution in [1.29, 1.82) is 5.26 Å². The molecule has 1 aliphatic carbocycles. The summed E-state index contributed by atoms with van der Waals surface area (Å²) in [6.07, 6.45) is 7.19. The van der Waals surface area contributed by atoms with E-state index in [0.717, 1.165) is 12.0 Å². The molecule has 81 valence electrons. The monoisotopic (exact) mass is 219 g/mol. The van der Waals surface area contributed by atoms with Gasteiger partial charge in [-0.25, -0.2) is 0 Å². The van der Waals surface area contributed by atoms with Crippen LogP contribution >= 0.6 is 0 Å². The molecular formula is C15H11N2. The standard InChI is InChI=1S/C15H11N2/c16-9-11-1-3-12(4-2-11)14-7-8-17-10-15(14)13-5-6-13/h1-5,7-8,10,13H,6H2. The molecule has 1 saturated carbocycles. The molecule has 1 aliphatic rings. The highest BCUT2D eigenvalue weighted by atomic mass is 14.6. The van der Waals surface area contributed by atoms with Crippen LogP contribution in [0, 0.1) is 17.8 Å². The van der Waals surface area contributed by atoms with E-state index in [0.29, 0.717) is 11.5 Å². The quantitative estimate of drug-likeness (QED) is 0.776. The highest BCUT2D eigenvalue weighted by Crippen LogP contribution is 2.42. The van der Waals surface area contributed by atoms with Crippen molar-refractivity contribution < 1.29 is 0 Å². The van der Waals surface area contributed by atoms with E-state index in [1.807, 2.05) is 42.7 Å². The van der Waals surface area contributed by atoms with E-state index >= 15 is 0 Å². The number of hydrogen-bond acceptors (Lipinski definition) is 2. The lowest BCUT2D eigenvalue weighted by Gasteiger charge is -2.07. The van der Waals surface area contributed by atoms with E-state index in [1.165, 1.54) is 11.1 Å². The fraction of sp³-hybridized carbons (Fsp3) is 0.133. The molecule has 0 amide bonds. The Kier molecular flexibility index (Phi) is 2.38. The average molecular weight is 219 g/mol. The van der Waals surface area contributed by atoms with E-state index in [9.17, 15) is 0 Å². The van der Waals surface area contributed by atoms with Crippen molar-refractivity contribution in [2.75, 3.05) is 0 Å². The molecule has 0 spiro atoms. The maximum absolute atomic E-state index is 8.79. The highest BCUT2D eigenvalue weighted by Gasteiger charge is 2.26. The summed E-state index contributed by atoms with van der Waals surface area (Å²) >= 11 is 0. The first kappa shape index (κ1) is 10.0. The number of benzene rings is 1. The fourth-order valence-electron chi connectivity index (χ4n) is 2.01. The molecule has 17 heavy (non-hydrogen) atoms. The van der Waals surface area contributed by atoms with Crippen LogP contribution in [0.25, 0.3) is 11.1 Å². The Morgan fingerprint density at radius 3 is 2.59 bits per heavy atom. The van der Waals surface area contributed by atoms with Gasteiger partial charge >= 0.3 is 0 Å². The summed E-state index contributed by atoms with van der Waals surface area (Å²) in [4.78, 5) is 4.19. The molecule has 1 heterocycles. The molecule has 0 aliphatic heterocycles. The maximum Gasteiger partial charge on any atom is 0.0991 e. The van der Waals surface area contributed by atoms with Gasteiger partial charge in [0.25, 0.3) is 0 Å². The molecule has 0 N–H and O–H groups in total. The van der Waals surface area contributed by atoms with Crippen molar-refractivity contribution in [2.24, 2.45) is 0 Å². The first-order chi connectivity index (χ1) is 8.38. The SMILES string of the molecule is N#Cc1ccc(-c2ccncc2C2[CH]C2)cc1. The van der Waals surface area contributed by atoms with Crippen LogP contribution < -0.4 is 0 Å². The zero-order valence-electron chi connectivity index (χ0n) is 9.30. The van der Waals surface area contributed by atoms with E-state index in [1.54, 1.807) is 0 Å². The molecular weight excluding hydrogens is 208 g/mol. The predicted molar refractivity (Wildman–Crippen MR) is 66.0 cm³/mol. The second kappa shape index (κ2) is 4.03. The smallest absolute Gasteiger partial charge is 0.0991 e. The van der Waals surface area contributed by atoms with Gasteiger partial charge in [-0.1, -0.05) is 12.1 Å². The summed E-state index contributed by atoms with van der Waals surface area (Å²) in [5.74, 6) is 0.564. The summed E-state index contributed by atoms with van der Waals surface area (Å²) < 4.78 is 0. The normalized spacial score (nSPS) is 14.3. The Balaban J connectivity index is 2.05. The van der Waals surface area contributed by atoms with Gasteiger partial charge < -0.3 is 0 Å². The van der Waals surface area contributed by atoms with Gasteiger partial charge in [0.05, 0.1) is 11.6 Å². The van der Waals surface area contributed by atoms with Gasteiger partial charge in [-0.05, 0) is 53.6 Å². The molecule has 1 atom stereocenters. The lowest BCUT2D eigenvalue weighted by molar-refractivity contribution is 1.12. The number of rotatable bonds is 2. The lowest BCUT2D eigenvalue weighted by Crippen LogP contribution is -1.88. The molecule has 0 saturated heterocycles. The predicted octanol–water partition coefficient (Wildman–Crippen LogP) is 3.31. The Labute approximate surface area is 101 Å². The minimum Gasteiger partial charge on any atom is -0.264 e. The summed E-state index contributed by atoms with van der Waals surface area (Å²) in [5.41, 5.74) is 4.37. The molecule has 1 aromatic carbocycles. The topological polar surface area (TPSA) is 36.7 Å². The number of hydrogen-bond donors (Lipinski definition) is 0. The second-order valence-corrected chi connectivity index (χ2v) is 4.23. The summed E-state index contributed by atoms with van der Waals surface area (Å²) in [5, 5.41) is 8.79. The molecule has 1 radical (unpaired) electrons. The molecule has 2 nitrogen and oxygen atoms in total. The zero-order chi connectivity index (χ0) is 11.7. The maximum atomic E-state index is 8.79. The molecule has 0 bridgehead atoms. The third-order valence-corrected chi connectivity index (χ3v) is 3.05. The Morgan fingerprint density at radius 1 is 1.18 bits per heavy atom. The molecule has 2 heteroatoms. The molecule has 1 unspecified atom stereocenters. The van der Waals surface area contributed by atoms with Crippen molar-refractivity contribution in [3.63, 3.8) is 0 Å². The molecule has 1 fully saturated rings. The number of nitrogens with zero attached hydrogens (tertiary/aromatic N) is 2. The van der Waals surface area contributed by atoms with Crippen molar-refractivity contribution in [1.82, 2.24) is 4.98 Å². The first-order valence-electron chi connectivity index (χ1n) is 5.66. The van der Waals surface area contributed by atoms with Crippen LogP contribution in [-0.4, -0.2) is 4.98 Å². The van der Waals surface area contributed by atoms with Crippen molar-refractivity contribution in [3.05, 3.63) is 60.3 Å². The van der Waals surface area contributed by atoms with Crippen molar-refractivity contribution in [3.8, 4) is 17.2 Å². The van der Waals surface area contributed by atoms with Crippen LogP contribution in [0.2, 0.25) is 0 Å². The van der Waals surface area contributed by atoms with E-state index in [4.69, 9.17) is 5.26 Å². The van der Waals surface area contributed by atoms with Crippen LogP contribution in [0.3, 0.4) is 0 Å². The summed E-state index contributed by atoms with van der Waals surface area (Å²) in [6.45, 7) is 0. The van der Waals surface area contributed by atoms with Gasteiger partial charge in [-0.2, -0.15) is 5.26 Å². The van der Waals surface area contributed by atoms with Crippen LogP contribution in [-0.2, 0) is 0 Å². The summed E-state index contributed by atoms with van der Waals surface area (Å²) in [6, 6.07) is 11.9. The van der Waals surface area contributed by atoms with Gasteiger partial charge in [0.15, 0.2) is 0 Å². The number of nitriles is 1. The number of pyridine rings is 1. The molecule has 2 aromatic rings. The zero-order valence-corrected chi connectivity index (χ0v) is 9.30. The van der Waals surface area contributed by atoms with E-state index in [-0.39, 0.29) is 0 Å². The van der Waals surface area contributed by atoms with Gasteiger partial charge in [-0.3, -0.25) is 4.98 Å². The van der Waals surface area contributed by atoms with Gasteiger partial charge in [0.2, 0.25) is 0 Å². The third kappa shape index (κ3) is 1.92. The van der Waals surface area contributed by atoms with Crippen molar-refractivity contribution in [2.45, 2.75) is 12.3 Å². The van der Waals surface area contributed by atoms with Gasteiger partial charge in [-0.15, -0.1) is 0 Å². The first-order valence-corrected chi connectivity index (χ1v) is 5.66. The van der Waals surface area contributed by atoms with E-state index in [2.05, 4.69) is 17.5 Å². The van der Waals surface area contributed by atoms with Crippen LogP contribution in [0.1, 0.15) is 23.5 Å². The van der Waals surface area contributed by atoms with Crippen LogP contribution in [0.4, 0.5) is 0 Å². The van der Waals surface area contributed by atoms with Crippen molar-refractivity contribution >= 4 is 0 Å². The van der Waals surface area contributed by atoms with E-state index < -0.39 is 0 Å². The fourth-order valence-corrected chi connectivity index (χ4v) is 2.01. The lowest BCUT2D eigenvalue weighted by atomic mass is 9.98. The minimum absolute atomic E-state index is 0.564. The molecule has 1 aromatic heterocycles. The largest absolute Gasteiger partial charge is 0.264 e. The second-order valence-electron chi connectivity index (χ2n) is 4.23. The Morgan fingerprint density at radius 2 is 1.94 bits per heavy atom. The number of aromatic nitrogens is 1. The highest BCUT2D eigenvalue weighted by molar-refractivity contribution is 5.69. The van der Waals surface area contributed by atoms with Gasteiger partial charge in [0, 0.05) is 12.4 Å². The summed E-state index contributed by atoms with van der Waals surface area (Å²) in [7, 11) is 0. The Hall–Kier alpha value is -2.14. The minimum atomic E-state index is 0.564. The third-order valence-electron chi connectivity index (χ3n) is 3.05. The Bertz CT molecular complexity index is 575.